The third kappa shape index (κ3) is 4.26. The summed E-state index contributed by atoms with van der Waals surface area (Å²) in [6, 6.07) is 18.4. The summed E-state index contributed by atoms with van der Waals surface area (Å²) in [5.41, 5.74) is 6.49. The van der Waals surface area contributed by atoms with Gasteiger partial charge in [0.2, 0.25) is 0 Å². The van der Waals surface area contributed by atoms with Gasteiger partial charge < -0.3 is 10.2 Å². The zero-order chi connectivity index (χ0) is 15.6. The van der Waals surface area contributed by atoms with Crippen LogP contribution in [0.2, 0.25) is 0 Å². The van der Waals surface area contributed by atoms with E-state index >= 15 is 0 Å². The van der Waals surface area contributed by atoms with Crippen molar-refractivity contribution < 1.29 is 4.74 Å². The Hall–Kier alpha value is -2.00. The summed E-state index contributed by atoms with van der Waals surface area (Å²) in [6.07, 6.45) is 0.779. The van der Waals surface area contributed by atoms with Gasteiger partial charge >= 0.3 is 0 Å². The predicted molar refractivity (Wildman–Crippen MR) is 97.5 cm³/mol. The van der Waals surface area contributed by atoms with E-state index in [9.17, 15) is 0 Å². The number of hydrogen-bond acceptors (Lipinski definition) is 3. The van der Waals surface area contributed by atoms with Crippen LogP contribution in [0.25, 0.3) is 0 Å². The molecule has 1 unspecified atom stereocenters. The van der Waals surface area contributed by atoms with Crippen molar-refractivity contribution in [1.82, 2.24) is 5.43 Å². The van der Waals surface area contributed by atoms with E-state index in [-0.39, 0.29) is 24.0 Å². The molecule has 0 radical (unpaired) electrons. The Morgan fingerprint density at radius 3 is 2.35 bits per heavy atom. The van der Waals surface area contributed by atoms with Crippen molar-refractivity contribution >= 4 is 18.1 Å². The number of halogens is 1. The number of rotatable bonds is 2. The highest BCUT2D eigenvalue weighted by Crippen LogP contribution is 2.34. The molecule has 1 heterocycles. The van der Waals surface area contributed by atoms with Gasteiger partial charge in [0, 0.05) is 17.5 Å². The molecule has 1 atom stereocenters. The molecule has 1 aliphatic heterocycles. The minimum atomic E-state index is -0.0531. The third-order valence-electron chi connectivity index (χ3n) is 3.54. The third-order valence-corrected chi connectivity index (χ3v) is 3.54. The fourth-order valence-corrected chi connectivity index (χ4v) is 2.48. The Labute approximate surface area is 144 Å². The first-order valence-corrected chi connectivity index (χ1v) is 7.68. The van der Waals surface area contributed by atoms with Crippen LogP contribution in [0.3, 0.4) is 0 Å². The molecule has 2 aromatic carbocycles. The first-order valence-electron chi connectivity index (χ1n) is 7.68. The second-order valence-corrected chi connectivity index (χ2v) is 6.64. The summed E-state index contributed by atoms with van der Waals surface area (Å²) in [7, 11) is 0. The molecule has 0 bridgehead atoms. The summed E-state index contributed by atoms with van der Waals surface area (Å²) in [4.78, 5) is 0. The van der Waals surface area contributed by atoms with E-state index in [1.54, 1.807) is 0 Å². The molecular formula is C19H23ClN2O. The van der Waals surface area contributed by atoms with Crippen molar-refractivity contribution in [2.75, 3.05) is 0 Å². The second kappa shape index (κ2) is 7.05. The summed E-state index contributed by atoms with van der Waals surface area (Å²) < 4.78 is 6.17. The van der Waals surface area contributed by atoms with Crippen molar-refractivity contribution in [2.24, 2.45) is 5.10 Å². The van der Waals surface area contributed by atoms with E-state index in [1.807, 2.05) is 36.4 Å². The van der Waals surface area contributed by atoms with E-state index in [1.165, 1.54) is 5.56 Å². The van der Waals surface area contributed by atoms with Crippen LogP contribution in [0.4, 0.5) is 0 Å². The molecule has 0 aliphatic carbocycles. The Balaban J connectivity index is 0.00000192. The highest BCUT2D eigenvalue weighted by molar-refractivity contribution is 6.04. The van der Waals surface area contributed by atoms with Crippen molar-refractivity contribution in [3.8, 4) is 5.75 Å². The van der Waals surface area contributed by atoms with E-state index < -0.39 is 0 Å². The fraction of sp³-hybridized carbons (Fsp3) is 0.316. The number of hydrogen-bond donors (Lipinski definition) is 1. The number of ether oxygens (including phenoxy) is 1. The van der Waals surface area contributed by atoms with Crippen molar-refractivity contribution in [2.45, 2.75) is 38.8 Å². The Morgan fingerprint density at radius 2 is 1.65 bits per heavy atom. The molecule has 1 N–H and O–H groups in total. The largest absolute Gasteiger partial charge is 0.485 e. The predicted octanol–water partition coefficient (Wildman–Crippen LogP) is 4.72. The fourth-order valence-electron chi connectivity index (χ4n) is 2.48. The molecule has 0 spiro atoms. The van der Waals surface area contributed by atoms with Crippen LogP contribution in [0.15, 0.2) is 59.7 Å². The van der Waals surface area contributed by atoms with Crippen LogP contribution in [0.5, 0.6) is 5.75 Å². The monoisotopic (exact) mass is 330 g/mol. The molecule has 3 rings (SSSR count). The van der Waals surface area contributed by atoms with Gasteiger partial charge in [-0.3, -0.25) is 0 Å². The average Bonchev–Trinajstić information content (AvgIpc) is 2.52. The van der Waals surface area contributed by atoms with Gasteiger partial charge in [-0.2, -0.15) is 5.10 Å². The standard InChI is InChI=1S/C19H22N2O.ClH/c1-19(2,3)21-20-16-13-18(14-9-5-4-6-10-14)22-17-12-8-7-11-15(16)17;/h4-12,18,21H,13H2,1-3H3;1H/b20-16-;. The SMILES string of the molecule is CC(C)(C)N/N=C1/CC(c2ccccc2)Oc2ccccc21.Cl. The van der Waals surface area contributed by atoms with Crippen molar-refractivity contribution in [3.63, 3.8) is 0 Å². The van der Waals surface area contributed by atoms with Crippen LogP contribution >= 0.6 is 12.4 Å². The Morgan fingerprint density at radius 1 is 1.00 bits per heavy atom. The molecular weight excluding hydrogens is 308 g/mol. The number of para-hydroxylation sites is 1. The van der Waals surface area contributed by atoms with Gasteiger partial charge in [-0.05, 0) is 38.5 Å². The van der Waals surface area contributed by atoms with Gasteiger partial charge in [0.05, 0.1) is 5.71 Å². The Kier molecular flexibility index (Phi) is 5.32. The smallest absolute Gasteiger partial charge is 0.129 e. The van der Waals surface area contributed by atoms with Gasteiger partial charge in [0.15, 0.2) is 0 Å². The topological polar surface area (TPSA) is 33.6 Å². The van der Waals surface area contributed by atoms with Gasteiger partial charge in [0.1, 0.15) is 11.9 Å². The molecule has 3 nitrogen and oxygen atoms in total. The molecule has 1 aliphatic rings. The van der Waals surface area contributed by atoms with E-state index in [0.717, 1.165) is 23.4 Å². The molecule has 0 fully saturated rings. The lowest BCUT2D eigenvalue weighted by atomic mass is 9.95. The lowest BCUT2D eigenvalue weighted by molar-refractivity contribution is 0.206. The zero-order valence-electron chi connectivity index (χ0n) is 13.7. The van der Waals surface area contributed by atoms with E-state index in [0.29, 0.717) is 0 Å². The van der Waals surface area contributed by atoms with Crippen LogP contribution in [-0.4, -0.2) is 11.3 Å². The second-order valence-electron chi connectivity index (χ2n) is 6.64. The average molecular weight is 331 g/mol. The first kappa shape index (κ1) is 17.4. The molecule has 0 amide bonds. The van der Waals surface area contributed by atoms with E-state index in [4.69, 9.17) is 4.74 Å². The summed E-state index contributed by atoms with van der Waals surface area (Å²) in [5.74, 6) is 0.900. The molecule has 23 heavy (non-hydrogen) atoms. The van der Waals surface area contributed by atoms with Crippen LogP contribution in [0.1, 0.15) is 44.4 Å². The molecule has 2 aromatic rings. The maximum Gasteiger partial charge on any atom is 0.129 e. The molecule has 0 aromatic heterocycles. The normalized spacial score (nSPS) is 18.6. The number of nitrogens with one attached hydrogen (secondary N) is 1. The first-order chi connectivity index (χ1) is 10.5. The lowest BCUT2D eigenvalue weighted by Gasteiger charge is -2.28. The minimum Gasteiger partial charge on any atom is -0.485 e. The number of nitrogens with zero attached hydrogens (tertiary/aromatic N) is 1. The van der Waals surface area contributed by atoms with Crippen molar-refractivity contribution in [3.05, 3.63) is 65.7 Å². The summed E-state index contributed by atoms with van der Waals surface area (Å²) >= 11 is 0. The minimum absolute atomic E-state index is 0. The van der Waals surface area contributed by atoms with E-state index in [2.05, 4.69) is 49.5 Å². The van der Waals surface area contributed by atoms with Crippen LogP contribution in [-0.2, 0) is 0 Å². The molecule has 122 valence electrons. The highest BCUT2D eigenvalue weighted by Gasteiger charge is 2.26. The quantitative estimate of drug-likeness (QED) is 0.808. The van der Waals surface area contributed by atoms with Gasteiger partial charge in [0.25, 0.3) is 0 Å². The maximum absolute atomic E-state index is 6.17. The number of benzene rings is 2. The van der Waals surface area contributed by atoms with Crippen molar-refractivity contribution in [1.29, 1.82) is 0 Å². The highest BCUT2D eigenvalue weighted by atomic mass is 35.5. The van der Waals surface area contributed by atoms with Crippen LogP contribution in [0, 0.1) is 0 Å². The molecule has 0 saturated heterocycles. The molecule has 4 heteroatoms. The number of hydrazone groups is 1. The van der Waals surface area contributed by atoms with Crippen LogP contribution < -0.4 is 10.2 Å². The summed E-state index contributed by atoms with van der Waals surface area (Å²) in [5, 5.41) is 4.66. The van der Waals surface area contributed by atoms with Gasteiger partial charge in [-0.1, -0.05) is 42.5 Å². The summed E-state index contributed by atoms with van der Waals surface area (Å²) in [6.45, 7) is 6.32. The Bertz CT molecular complexity index is 677. The van der Waals surface area contributed by atoms with Gasteiger partial charge in [-0.25, -0.2) is 0 Å². The maximum atomic E-state index is 6.17. The zero-order valence-corrected chi connectivity index (χ0v) is 14.6. The molecule has 0 saturated carbocycles. The number of fused-ring (bicyclic) bond motifs is 1. The van der Waals surface area contributed by atoms with Gasteiger partial charge in [-0.15, -0.1) is 12.4 Å². The lowest BCUT2D eigenvalue weighted by Crippen LogP contribution is -2.33.